The zero-order valence-electron chi connectivity index (χ0n) is 17.7. The third-order valence-corrected chi connectivity index (χ3v) is 5.29. The van der Waals surface area contributed by atoms with E-state index in [1.807, 2.05) is 30.3 Å². The van der Waals surface area contributed by atoms with E-state index in [-0.39, 0.29) is 5.75 Å². The average molecular weight is 516 g/mol. The molecule has 34 heavy (non-hydrogen) atoms. The normalized spacial score (nSPS) is 10.7. The van der Waals surface area contributed by atoms with Gasteiger partial charge in [-0.25, -0.2) is 10.2 Å². The summed E-state index contributed by atoms with van der Waals surface area (Å²) < 4.78 is 6.18. The third kappa shape index (κ3) is 5.54. The second-order valence-corrected chi connectivity index (χ2v) is 8.03. The summed E-state index contributed by atoms with van der Waals surface area (Å²) in [6, 6.07) is 26.5. The largest absolute Gasteiger partial charge is 0.422 e. The molecule has 0 aliphatic heterocycles. The van der Waals surface area contributed by atoms with Gasteiger partial charge in [0.1, 0.15) is 5.75 Å². The van der Waals surface area contributed by atoms with Crippen LogP contribution in [0.4, 0.5) is 5.69 Å². The van der Waals surface area contributed by atoms with Gasteiger partial charge in [-0.2, -0.15) is 5.10 Å². The molecule has 0 atom stereocenters. The number of carbonyl (C=O) groups is 3. The highest BCUT2D eigenvalue weighted by Gasteiger charge is 2.15. The zero-order valence-corrected chi connectivity index (χ0v) is 19.3. The quantitative estimate of drug-likeness (QED) is 0.130. The number of benzene rings is 4. The molecule has 4 rings (SSSR count). The number of hydrogen-bond donors (Lipinski definition) is 2. The number of ether oxygens (including phenoxy) is 1. The van der Waals surface area contributed by atoms with Gasteiger partial charge >= 0.3 is 17.8 Å². The summed E-state index contributed by atoms with van der Waals surface area (Å²) in [6.07, 6.45) is 1.29. The summed E-state index contributed by atoms with van der Waals surface area (Å²) in [5, 5.41) is 8.20. The Bertz CT molecular complexity index is 1400. The molecule has 0 saturated heterocycles. The lowest BCUT2D eigenvalue weighted by Crippen LogP contribution is -2.32. The van der Waals surface area contributed by atoms with Crippen molar-refractivity contribution in [1.29, 1.82) is 0 Å². The minimum absolute atomic E-state index is 0.246. The van der Waals surface area contributed by atoms with Crippen LogP contribution in [0.15, 0.2) is 101 Å². The van der Waals surface area contributed by atoms with Crippen molar-refractivity contribution in [3.8, 4) is 5.75 Å². The van der Waals surface area contributed by atoms with Gasteiger partial charge in [-0.3, -0.25) is 9.59 Å². The molecule has 0 radical (unpaired) electrons. The molecule has 0 aromatic heterocycles. The first-order chi connectivity index (χ1) is 16.5. The van der Waals surface area contributed by atoms with Crippen LogP contribution in [0, 0.1) is 0 Å². The van der Waals surface area contributed by atoms with Crippen LogP contribution in [0.5, 0.6) is 5.75 Å². The van der Waals surface area contributed by atoms with Crippen LogP contribution >= 0.6 is 15.9 Å². The average Bonchev–Trinajstić information content (AvgIpc) is 2.86. The molecule has 0 fully saturated rings. The Kier molecular flexibility index (Phi) is 7.10. The molecule has 0 bridgehead atoms. The van der Waals surface area contributed by atoms with Crippen molar-refractivity contribution in [2.24, 2.45) is 5.10 Å². The molecule has 168 valence electrons. The Balaban J connectivity index is 1.43. The molecule has 0 saturated carbocycles. The molecule has 0 spiro atoms. The number of fused-ring (bicyclic) bond motifs is 1. The van der Waals surface area contributed by atoms with Gasteiger partial charge in [0, 0.05) is 21.1 Å². The van der Waals surface area contributed by atoms with Crippen molar-refractivity contribution in [3.05, 3.63) is 107 Å². The van der Waals surface area contributed by atoms with E-state index in [4.69, 9.17) is 4.74 Å². The fraction of sp³-hybridized carbons (Fsp3) is 0. The number of amides is 2. The van der Waals surface area contributed by atoms with Gasteiger partial charge in [0.05, 0.1) is 11.8 Å². The Morgan fingerprint density at radius 3 is 2.38 bits per heavy atom. The number of nitrogens with one attached hydrogen (secondary N) is 2. The Labute approximate surface area is 203 Å². The zero-order chi connectivity index (χ0) is 23.9. The van der Waals surface area contributed by atoms with E-state index >= 15 is 0 Å². The highest BCUT2D eigenvalue weighted by Crippen LogP contribution is 2.24. The number of hydrazone groups is 1. The standard InChI is InChI=1S/C26H18BrN3O4/c27-20-13-14-23(34-26(33)18-8-2-1-3-9-18)19(15-20)16-28-30-25(32)24(31)29-22-12-6-10-17-7-4-5-11-21(17)22/h1-16H,(H,29,31)(H,30,32)/b28-16-. The van der Waals surface area contributed by atoms with Crippen molar-refractivity contribution in [3.63, 3.8) is 0 Å². The SMILES string of the molecule is O=C(N/N=C\c1cc(Br)ccc1OC(=O)c1ccccc1)C(=O)Nc1cccc2ccccc12. The Hall–Kier alpha value is -4.30. The molecule has 2 amide bonds. The molecule has 8 heteroatoms. The molecule has 0 heterocycles. The number of anilines is 1. The smallest absolute Gasteiger partial charge is 0.343 e. The predicted molar refractivity (Wildman–Crippen MR) is 134 cm³/mol. The van der Waals surface area contributed by atoms with E-state index in [1.54, 1.807) is 60.7 Å². The summed E-state index contributed by atoms with van der Waals surface area (Å²) >= 11 is 3.35. The summed E-state index contributed by atoms with van der Waals surface area (Å²) in [5.41, 5.74) is 3.53. The van der Waals surface area contributed by atoms with Gasteiger partial charge in [0.2, 0.25) is 0 Å². The first-order valence-electron chi connectivity index (χ1n) is 10.2. The van der Waals surface area contributed by atoms with Crippen molar-refractivity contribution >= 4 is 56.4 Å². The van der Waals surface area contributed by atoms with Crippen LogP contribution in [0.3, 0.4) is 0 Å². The molecule has 0 aliphatic rings. The van der Waals surface area contributed by atoms with Crippen LogP contribution in [-0.4, -0.2) is 24.0 Å². The van der Waals surface area contributed by atoms with Gasteiger partial charge in [0.15, 0.2) is 0 Å². The number of carbonyl (C=O) groups excluding carboxylic acids is 3. The van der Waals surface area contributed by atoms with E-state index in [2.05, 4.69) is 31.8 Å². The molecule has 4 aromatic rings. The second-order valence-electron chi connectivity index (χ2n) is 7.12. The monoisotopic (exact) mass is 515 g/mol. The fourth-order valence-corrected chi connectivity index (χ4v) is 3.55. The van der Waals surface area contributed by atoms with Gasteiger partial charge in [0.25, 0.3) is 0 Å². The van der Waals surface area contributed by atoms with Crippen molar-refractivity contribution < 1.29 is 19.1 Å². The van der Waals surface area contributed by atoms with Crippen LogP contribution in [0.2, 0.25) is 0 Å². The topological polar surface area (TPSA) is 96.9 Å². The molecule has 4 aromatic carbocycles. The summed E-state index contributed by atoms with van der Waals surface area (Å²) in [4.78, 5) is 37.0. The van der Waals surface area contributed by atoms with Crippen LogP contribution < -0.4 is 15.5 Å². The van der Waals surface area contributed by atoms with E-state index < -0.39 is 17.8 Å². The first-order valence-corrected chi connectivity index (χ1v) is 11.0. The van der Waals surface area contributed by atoms with Gasteiger partial charge in [-0.05, 0) is 41.8 Å². The lowest BCUT2D eigenvalue weighted by Gasteiger charge is -2.09. The van der Waals surface area contributed by atoms with E-state index in [0.29, 0.717) is 21.3 Å². The van der Waals surface area contributed by atoms with Crippen LogP contribution in [0.1, 0.15) is 15.9 Å². The fourth-order valence-electron chi connectivity index (χ4n) is 3.17. The maximum Gasteiger partial charge on any atom is 0.343 e. The van der Waals surface area contributed by atoms with Crippen molar-refractivity contribution in [2.45, 2.75) is 0 Å². The molecule has 2 N–H and O–H groups in total. The second kappa shape index (κ2) is 10.5. The lowest BCUT2D eigenvalue weighted by molar-refractivity contribution is -0.136. The summed E-state index contributed by atoms with van der Waals surface area (Å²) in [5.74, 6) is -2.09. The van der Waals surface area contributed by atoms with E-state index in [0.717, 1.165) is 10.8 Å². The minimum atomic E-state index is -0.943. The Morgan fingerprint density at radius 2 is 1.56 bits per heavy atom. The minimum Gasteiger partial charge on any atom is -0.422 e. The van der Waals surface area contributed by atoms with Crippen molar-refractivity contribution in [1.82, 2.24) is 5.43 Å². The van der Waals surface area contributed by atoms with E-state index in [9.17, 15) is 14.4 Å². The van der Waals surface area contributed by atoms with Gasteiger partial charge in [-0.15, -0.1) is 0 Å². The lowest BCUT2D eigenvalue weighted by atomic mass is 10.1. The third-order valence-electron chi connectivity index (χ3n) is 4.80. The number of esters is 1. The highest BCUT2D eigenvalue weighted by atomic mass is 79.9. The molecule has 0 aliphatic carbocycles. The number of hydrogen-bond acceptors (Lipinski definition) is 5. The first kappa shape index (κ1) is 22.9. The highest BCUT2D eigenvalue weighted by molar-refractivity contribution is 9.10. The maximum atomic E-state index is 12.4. The molecular formula is C26H18BrN3O4. The number of rotatable bonds is 5. The number of halogens is 1. The van der Waals surface area contributed by atoms with E-state index in [1.165, 1.54) is 6.21 Å². The van der Waals surface area contributed by atoms with Crippen LogP contribution in [0.25, 0.3) is 10.8 Å². The summed E-state index contributed by atoms with van der Waals surface area (Å²) in [6.45, 7) is 0. The van der Waals surface area contributed by atoms with Gasteiger partial charge in [-0.1, -0.05) is 70.5 Å². The summed E-state index contributed by atoms with van der Waals surface area (Å²) in [7, 11) is 0. The molecule has 0 unspecified atom stereocenters. The molecular weight excluding hydrogens is 498 g/mol. The molecule has 7 nitrogen and oxygen atoms in total. The van der Waals surface area contributed by atoms with Crippen LogP contribution in [-0.2, 0) is 9.59 Å². The van der Waals surface area contributed by atoms with Gasteiger partial charge < -0.3 is 10.1 Å². The van der Waals surface area contributed by atoms with Crippen molar-refractivity contribution in [2.75, 3.05) is 5.32 Å². The maximum absolute atomic E-state index is 12.4. The number of nitrogens with zero attached hydrogens (tertiary/aromatic N) is 1. The predicted octanol–water partition coefficient (Wildman–Crippen LogP) is 4.91. The Morgan fingerprint density at radius 1 is 0.824 bits per heavy atom.